The molecule has 0 saturated heterocycles. The quantitative estimate of drug-likeness (QED) is 0.261. The van der Waals surface area contributed by atoms with Crippen molar-refractivity contribution < 1.29 is 19.1 Å². The topological polar surface area (TPSA) is 64.6 Å². The van der Waals surface area contributed by atoms with Crippen molar-refractivity contribution in [1.82, 2.24) is 5.32 Å². The lowest BCUT2D eigenvalue weighted by atomic mass is 10.1. The fraction of sp³-hybridized carbons (Fsp3) is 0.905. The van der Waals surface area contributed by atoms with Crippen molar-refractivity contribution in [3.05, 3.63) is 0 Å². The number of carbonyl (C=O) groups excluding carboxylic acids is 2. The third-order valence-corrected chi connectivity index (χ3v) is 4.41. The number of carbonyl (C=O) groups is 2. The van der Waals surface area contributed by atoms with Crippen LogP contribution in [-0.4, -0.2) is 31.3 Å². The number of hydrogen-bond acceptors (Lipinski definition) is 4. The Bertz CT molecular complexity index is 347. The Kier molecular flexibility index (Phi) is 17.6. The maximum Gasteiger partial charge on any atom is 0.407 e. The largest absolute Gasteiger partial charge is 0.464 e. The average Bonchev–Trinajstić information content (AvgIpc) is 2.62. The van der Waals surface area contributed by atoms with Crippen LogP contribution >= 0.6 is 0 Å². The van der Waals surface area contributed by atoms with Gasteiger partial charge in [0.2, 0.25) is 0 Å². The van der Waals surface area contributed by atoms with Crippen molar-refractivity contribution in [3.8, 4) is 0 Å². The number of ether oxygens (including phenoxy) is 2. The predicted octanol–water partition coefficient (Wildman–Crippen LogP) is 5.76. The van der Waals surface area contributed by atoms with Crippen molar-refractivity contribution in [3.63, 3.8) is 0 Å². The monoisotopic (exact) mass is 371 g/mol. The maximum atomic E-state index is 11.8. The summed E-state index contributed by atoms with van der Waals surface area (Å²) in [6.45, 7) is 6.69. The van der Waals surface area contributed by atoms with Crippen LogP contribution in [0.25, 0.3) is 0 Å². The molecule has 0 aromatic carbocycles. The maximum absolute atomic E-state index is 11.8. The Morgan fingerprint density at radius 2 is 1.15 bits per heavy atom. The highest BCUT2D eigenvalue weighted by Gasteiger charge is 2.17. The van der Waals surface area contributed by atoms with Crippen LogP contribution in [0.2, 0.25) is 0 Å². The summed E-state index contributed by atoms with van der Waals surface area (Å²) in [5.74, 6) is -0.399. The van der Waals surface area contributed by atoms with Crippen LogP contribution in [0.15, 0.2) is 0 Å². The van der Waals surface area contributed by atoms with E-state index in [1.807, 2.05) is 6.92 Å². The van der Waals surface area contributed by atoms with Crippen molar-refractivity contribution in [2.24, 2.45) is 0 Å². The van der Waals surface area contributed by atoms with Gasteiger partial charge in [-0.15, -0.1) is 0 Å². The first-order chi connectivity index (χ1) is 12.6. The van der Waals surface area contributed by atoms with E-state index in [1.54, 1.807) is 6.92 Å². The second-order valence-corrected chi connectivity index (χ2v) is 7.06. The molecule has 0 radical (unpaired) electrons. The third kappa shape index (κ3) is 16.2. The Hall–Kier alpha value is -1.26. The van der Waals surface area contributed by atoms with Gasteiger partial charge >= 0.3 is 12.1 Å². The summed E-state index contributed by atoms with van der Waals surface area (Å²) in [5, 5.41) is 2.50. The first-order valence-corrected chi connectivity index (χ1v) is 10.7. The van der Waals surface area contributed by atoms with Crippen molar-refractivity contribution in [2.45, 2.75) is 110 Å². The summed E-state index contributed by atoms with van der Waals surface area (Å²) in [5.41, 5.74) is 0. The Labute approximate surface area is 160 Å². The minimum Gasteiger partial charge on any atom is -0.464 e. The predicted molar refractivity (Wildman–Crippen MR) is 106 cm³/mol. The zero-order valence-corrected chi connectivity index (χ0v) is 17.3. The van der Waals surface area contributed by atoms with Gasteiger partial charge in [0.1, 0.15) is 6.04 Å². The minimum atomic E-state index is -0.670. The van der Waals surface area contributed by atoms with Crippen LogP contribution in [0.4, 0.5) is 4.79 Å². The normalized spacial score (nSPS) is 11.8. The van der Waals surface area contributed by atoms with Crippen LogP contribution < -0.4 is 5.32 Å². The molecular weight excluding hydrogens is 330 g/mol. The smallest absolute Gasteiger partial charge is 0.407 e. The molecule has 1 amide bonds. The van der Waals surface area contributed by atoms with Gasteiger partial charge < -0.3 is 14.8 Å². The zero-order valence-electron chi connectivity index (χ0n) is 17.3. The molecule has 0 aromatic heterocycles. The first-order valence-electron chi connectivity index (χ1n) is 10.7. The van der Waals surface area contributed by atoms with Gasteiger partial charge in [-0.2, -0.15) is 0 Å². The third-order valence-electron chi connectivity index (χ3n) is 4.41. The number of esters is 1. The lowest BCUT2D eigenvalue weighted by molar-refractivity contribution is -0.145. The molecule has 26 heavy (non-hydrogen) atoms. The average molecular weight is 372 g/mol. The van der Waals surface area contributed by atoms with E-state index < -0.39 is 18.1 Å². The molecule has 0 aliphatic carbocycles. The SMILES string of the molecule is CCCCCCCCCCCCCOC(=O)C(C)NC(=O)OCCCC. The summed E-state index contributed by atoms with van der Waals surface area (Å²) in [6.07, 6.45) is 15.1. The highest BCUT2D eigenvalue weighted by atomic mass is 16.6. The Balaban J connectivity index is 3.43. The van der Waals surface area contributed by atoms with E-state index in [9.17, 15) is 9.59 Å². The van der Waals surface area contributed by atoms with E-state index in [0.717, 1.165) is 25.7 Å². The van der Waals surface area contributed by atoms with E-state index >= 15 is 0 Å². The standard InChI is InChI=1S/C21H41NO4/c1-4-6-8-9-10-11-12-13-14-15-16-18-25-20(23)19(3)22-21(24)26-17-7-5-2/h19H,4-18H2,1-3H3,(H,22,24). The highest BCUT2D eigenvalue weighted by molar-refractivity contribution is 5.80. The molecule has 0 heterocycles. The molecule has 5 heteroatoms. The molecule has 0 aliphatic heterocycles. The van der Waals surface area contributed by atoms with E-state index in [4.69, 9.17) is 9.47 Å². The molecule has 0 rings (SSSR count). The van der Waals surface area contributed by atoms with Crippen molar-refractivity contribution in [1.29, 1.82) is 0 Å². The molecule has 0 aromatic rings. The van der Waals surface area contributed by atoms with Gasteiger partial charge in [0.15, 0.2) is 0 Å². The van der Waals surface area contributed by atoms with Crippen LogP contribution in [0.3, 0.4) is 0 Å². The molecule has 0 bridgehead atoms. The lowest BCUT2D eigenvalue weighted by Crippen LogP contribution is -2.40. The zero-order chi connectivity index (χ0) is 19.5. The van der Waals surface area contributed by atoms with Crippen molar-refractivity contribution in [2.75, 3.05) is 13.2 Å². The summed E-state index contributed by atoms with van der Waals surface area (Å²) in [4.78, 5) is 23.3. The molecule has 0 saturated carbocycles. The van der Waals surface area contributed by atoms with E-state index in [2.05, 4.69) is 12.2 Å². The number of hydrogen-bond donors (Lipinski definition) is 1. The van der Waals surface area contributed by atoms with Crippen LogP contribution in [0.1, 0.15) is 104 Å². The summed E-state index contributed by atoms with van der Waals surface area (Å²) >= 11 is 0. The number of amides is 1. The highest BCUT2D eigenvalue weighted by Crippen LogP contribution is 2.11. The fourth-order valence-corrected chi connectivity index (χ4v) is 2.65. The number of alkyl carbamates (subject to hydrolysis) is 1. The number of unbranched alkanes of at least 4 members (excludes halogenated alkanes) is 11. The van der Waals surface area contributed by atoms with Crippen molar-refractivity contribution >= 4 is 12.1 Å². The fourth-order valence-electron chi connectivity index (χ4n) is 2.65. The molecule has 1 atom stereocenters. The molecule has 5 nitrogen and oxygen atoms in total. The van der Waals surface area contributed by atoms with Crippen LogP contribution in [0.5, 0.6) is 0 Å². The summed E-state index contributed by atoms with van der Waals surface area (Å²) in [7, 11) is 0. The molecule has 154 valence electrons. The van der Waals surface area contributed by atoms with Gasteiger partial charge in [0.05, 0.1) is 13.2 Å². The number of nitrogens with one attached hydrogen (secondary N) is 1. The molecule has 1 N–H and O–H groups in total. The molecule has 0 spiro atoms. The Morgan fingerprint density at radius 3 is 1.69 bits per heavy atom. The first kappa shape index (κ1) is 24.7. The van der Waals surface area contributed by atoms with Crippen LogP contribution in [-0.2, 0) is 14.3 Å². The molecule has 0 fully saturated rings. The van der Waals surface area contributed by atoms with Gasteiger partial charge in [-0.05, 0) is 19.8 Å². The summed E-state index contributed by atoms with van der Waals surface area (Å²) in [6, 6.07) is -0.670. The van der Waals surface area contributed by atoms with E-state index in [-0.39, 0.29) is 0 Å². The van der Waals surface area contributed by atoms with Gasteiger partial charge in [-0.1, -0.05) is 84.5 Å². The van der Waals surface area contributed by atoms with Gasteiger partial charge in [0, 0.05) is 0 Å². The minimum absolute atomic E-state index is 0.378. The second-order valence-electron chi connectivity index (χ2n) is 7.06. The van der Waals surface area contributed by atoms with Gasteiger partial charge in [-0.25, -0.2) is 9.59 Å². The number of rotatable bonds is 17. The lowest BCUT2D eigenvalue weighted by Gasteiger charge is -2.13. The molecule has 1 unspecified atom stereocenters. The summed E-state index contributed by atoms with van der Waals surface area (Å²) < 4.78 is 10.2. The molecular formula is C21H41NO4. The second kappa shape index (κ2) is 18.5. The molecule has 0 aliphatic rings. The van der Waals surface area contributed by atoms with E-state index in [0.29, 0.717) is 13.2 Å². The van der Waals surface area contributed by atoms with Gasteiger partial charge in [-0.3, -0.25) is 0 Å². The van der Waals surface area contributed by atoms with Crippen LogP contribution in [0, 0.1) is 0 Å². The van der Waals surface area contributed by atoms with E-state index in [1.165, 1.54) is 57.8 Å². The Morgan fingerprint density at radius 1 is 0.692 bits per heavy atom. The van der Waals surface area contributed by atoms with Gasteiger partial charge in [0.25, 0.3) is 0 Å².